The predicted molar refractivity (Wildman–Crippen MR) is 83.1 cm³/mol. The first kappa shape index (κ1) is 15.1. The zero-order chi connectivity index (χ0) is 14.4. The van der Waals surface area contributed by atoms with Gasteiger partial charge in [-0.2, -0.15) is 0 Å². The summed E-state index contributed by atoms with van der Waals surface area (Å²) in [6.07, 6.45) is 8.59. The largest absolute Gasteiger partial charge is 0.488 e. The molecular formula is C16H23BO3. The monoisotopic (exact) mass is 274 g/mol. The van der Waals surface area contributed by atoms with Crippen molar-refractivity contribution in [3.8, 4) is 0 Å². The van der Waals surface area contributed by atoms with Gasteiger partial charge in [-0.15, -0.1) is 0 Å². The van der Waals surface area contributed by atoms with Crippen LogP contribution < -0.4 is 5.46 Å². The Bertz CT molecular complexity index is 534. The molecule has 2 aromatic rings. The average Bonchev–Trinajstić information content (AvgIpc) is 2.84. The minimum atomic E-state index is -1.42. The molecule has 0 aliphatic carbocycles. The number of unbranched alkanes of at least 4 members (excludes halogenated alkanes) is 5. The van der Waals surface area contributed by atoms with Crippen LogP contribution in [0.1, 0.15) is 51.2 Å². The Labute approximate surface area is 120 Å². The van der Waals surface area contributed by atoms with Gasteiger partial charge in [0.2, 0.25) is 0 Å². The van der Waals surface area contributed by atoms with Crippen LogP contribution in [0.3, 0.4) is 0 Å². The second-order valence-electron chi connectivity index (χ2n) is 5.40. The molecule has 0 saturated heterocycles. The Morgan fingerprint density at radius 2 is 1.75 bits per heavy atom. The van der Waals surface area contributed by atoms with Gasteiger partial charge in [0, 0.05) is 11.8 Å². The summed E-state index contributed by atoms with van der Waals surface area (Å²) in [6, 6.07) is 7.27. The number of furan rings is 1. The Morgan fingerprint density at radius 1 is 1.00 bits per heavy atom. The minimum absolute atomic E-state index is 0.504. The van der Waals surface area contributed by atoms with Gasteiger partial charge in [0.05, 0.1) is 0 Å². The van der Waals surface area contributed by atoms with Crippen LogP contribution in [0.5, 0.6) is 0 Å². The van der Waals surface area contributed by atoms with Crippen LogP contribution in [-0.2, 0) is 6.42 Å². The van der Waals surface area contributed by atoms with Crippen molar-refractivity contribution < 1.29 is 14.5 Å². The summed E-state index contributed by atoms with van der Waals surface area (Å²) in [4.78, 5) is 0. The molecule has 0 unspecified atom stereocenters. The van der Waals surface area contributed by atoms with E-state index in [9.17, 15) is 0 Å². The lowest BCUT2D eigenvalue weighted by Gasteiger charge is -1.98. The molecule has 1 heterocycles. The highest BCUT2D eigenvalue weighted by Gasteiger charge is 2.12. The van der Waals surface area contributed by atoms with Crippen LogP contribution >= 0.6 is 0 Å². The number of fused-ring (bicyclic) bond motifs is 1. The van der Waals surface area contributed by atoms with Crippen molar-refractivity contribution in [3.63, 3.8) is 0 Å². The first-order valence-electron chi connectivity index (χ1n) is 7.59. The molecule has 2 N–H and O–H groups in total. The van der Waals surface area contributed by atoms with E-state index in [0.717, 1.165) is 29.6 Å². The minimum Gasteiger partial charge on any atom is -0.461 e. The molecule has 0 aliphatic heterocycles. The Morgan fingerprint density at radius 3 is 2.50 bits per heavy atom. The van der Waals surface area contributed by atoms with Gasteiger partial charge in [-0.25, -0.2) is 0 Å². The molecule has 0 amide bonds. The number of hydrogen-bond donors (Lipinski definition) is 2. The third kappa shape index (κ3) is 4.12. The maximum Gasteiger partial charge on any atom is 0.488 e. The van der Waals surface area contributed by atoms with E-state index in [0.29, 0.717) is 5.46 Å². The van der Waals surface area contributed by atoms with Crippen molar-refractivity contribution in [2.45, 2.75) is 51.9 Å². The molecule has 0 bridgehead atoms. The Hall–Kier alpha value is -1.26. The van der Waals surface area contributed by atoms with E-state index in [1.807, 2.05) is 6.07 Å². The van der Waals surface area contributed by atoms with Gasteiger partial charge in [0.1, 0.15) is 11.3 Å². The fourth-order valence-electron chi connectivity index (χ4n) is 2.48. The summed E-state index contributed by atoms with van der Waals surface area (Å²) >= 11 is 0. The molecule has 0 saturated carbocycles. The molecule has 0 aliphatic rings. The lowest BCUT2D eigenvalue weighted by molar-refractivity contribution is 0.426. The molecule has 1 aromatic carbocycles. The topological polar surface area (TPSA) is 53.6 Å². The zero-order valence-electron chi connectivity index (χ0n) is 12.1. The normalized spacial score (nSPS) is 11.2. The number of rotatable bonds is 8. The fraction of sp³-hybridized carbons (Fsp3) is 0.500. The third-order valence-corrected chi connectivity index (χ3v) is 3.67. The van der Waals surface area contributed by atoms with E-state index >= 15 is 0 Å². The van der Waals surface area contributed by atoms with Crippen molar-refractivity contribution in [2.24, 2.45) is 0 Å². The van der Waals surface area contributed by atoms with Crippen molar-refractivity contribution >= 4 is 23.6 Å². The number of aryl methyl sites for hydroxylation is 1. The second kappa shape index (κ2) is 7.51. The van der Waals surface area contributed by atoms with Crippen molar-refractivity contribution in [3.05, 3.63) is 30.0 Å². The smallest absolute Gasteiger partial charge is 0.461 e. The van der Waals surface area contributed by atoms with Crippen molar-refractivity contribution in [2.75, 3.05) is 0 Å². The molecule has 4 heteroatoms. The molecule has 0 fully saturated rings. The van der Waals surface area contributed by atoms with Crippen LogP contribution in [0.2, 0.25) is 0 Å². The summed E-state index contributed by atoms with van der Waals surface area (Å²) in [5.41, 5.74) is 1.32. The zero-order valence-corrected chi connectivity index (χ0v) is 12.1. The van der Waals surface area contributed by atoms with Crippen LogP contribution in [0.25, 0.3) is 11.0 Å². The van der Waals surface area contributed by atoms with Gasteiger partial charge in [0.15, 0.2) is 0 Å². The Balaban J connectivity index is 1.88. The highest BCUT2D eigenvalue weighted by molar-refractivity contribution is 6.58. The summed E-state index contributed by atoms with van der Waals surface area (Å²) in [5, 5.41) is 19.3. The van der Waals surface area contributed by atoms with E-state index in [1.165, 1.54) is 32.1 Å². The van der Waals surface area contributed by atoms with E-state index in [1.54, 1.807) is 18.2 Å². The number of benzene rings is 1. The van der Waals surface area contributed by atoms with Gasteiger partial charge in [-0.05, 0) is 24.0 Å². The molecule has 0 atom stereocenters. The molecule has 3 nitrogen and oxygen atoms in total. The average molecular weight is 274 g/mol. The van der Waals surface area contributed by atoms with Crippen LogP contribution in [-0.4, -0.2) is 17.2 Å². The first-order chi connectivity index (χ1) is 9.70. The molecule has 0 radical (unpaired) electrons. The van der Waals surface area contributed by atoms with Crippen molar-refractivity contribution in [1.82, 2.24) is 0 Å². The molecule has 20 heavy (non-hydrogen) atoms. The molecule has 1 aromatic heterocycles. The van der Waals surface area contributed by atoms with Crippen LogP contribution in [0.4, 0.5) is 0 Å². The van der Waals surface area contributed by atoms with Gasteiger partial charge in [-0.1, -0.05) is 51.2 Å². The van der Waals surface area contributed by atoms with Crippen molar-refractivity contribution in [1.29, 1.82) is 0 Å². The second-order valence-corrected chi connectivity index (χ2v) is 5.40. The fourth-order valence-corrected chi connectivity index (χ4v) is 2.48. The van der Waals surface area contributed by atoms with E-state index < -0.39 is 7.12 Å². The van der Waals surface area contributed by atoms with Crippen LogP contribution in [0, 0.1) is 0 Å². The highest BCUT2D eigenvalue weighted by Crippen LogP contribution is 2.20. The standard InChI is InChI=1S/C16H23BO3/c1-2-3-4-5-6-7-8-15-12-13-11-14(17(18)19)9-10-16(13)20-15/h9-12,18-19H,2-8H2,1H3. The SMILES string of the molecule is CCCCCCCCc1cc2cc(B(O)O)ccc2o1. The lowest BCUT2D eigenvalue weighted by Crippen LogP contribution is -2.29. The van der Waals surface area contributed by atoms with E-state index in [2.05, 4.69) is 6.92 Å². The van der Waals surface area contributed by atoms with Gasteiger partial charge in [0.25, 0.3) is 0 Å². The summed E-state index contributed by atoms with van der Waals surface area (Å²) in [7, 11) is -1.42. The van der Waals surface area contributed by atoms with Crippen LogP contribution in [0.15, 0.2) is 28.7 Å². The summed E-state index contributed by atoms with van der Waals surface area (Å²) in [6.45, 7) is 2.23. The molecule has 108 valence electrons. The molecular weight excluding hydrogens is 251 g/mol. The maximum atomic E-state index is 9.16. The van der Waals surface area contributed by atoms with E-state index in [4.69, 9.17) is 14.5 Å². The van der Waals surface area contributed by atoms with Gasteiger partial charge in [-0.3, -0.25) is 0 Å². The lowest BCUT2D eigenvalue weighted by atomic mass is 9.80. The van der Waals surface area contributed by atoms with E-state index in [-0.39, 0.29) is 0 Å². The molecule has 2 rings (SSSR count). The third-order valence-electron chi connectivity index (χ3n) is 3.67. The number of hydrogen-bond acceptors (Lipinski definition) is 3. The first-order valence-corrected chi connectivity index (χ1v) is 7.59. The Kier molecular flexibility index (Phi) is 5.68. The summed E-state index contributed by atoms with van der Waals surface area (Å²) in [5.74, 6) is 0.986. The maximum absolute atomic E-state index is 9.16. The highest BCUT2D eigenvalue weighted by atomic mass is 16.4. The van der Waals surface area contributed by atoms with Gasteiger partial charge >= 0.3 is 7.12 Å². The van der Waals surface area contributed by atoms with Gasteiger partial charge < -0.3 is 14.5 Å². The predicted octanol–water partition coefficient (Wildman–Crippen LogP) is 3.02. The summed E-state index contributed by atoms with van der Waals surface area (Å²) < 4.78 is 5.77. The quantitative estimate of drug-likeness (QED) is 0.574. The molecule has 0 spiro atoms.